The van der Waals surface area contributed by atoms with Gasteiger partial charge in [0, 0.05) is 59.0 Å². The minimum atomic E-state index is -2.18. The van der Waals surface area contributed by atoms with Crippen molar-refractivity contribution in [3.63, 3.8) is 0 Å². The average molecular weight is 939 g/mol. The number of pyridine rings is 2. The molecule has 0 unspecified atom stereocenters. The Labute approximate surface area is 364 Å². The van der Waals surface area contributed by atoms with Crippen molar-refractivity contribution in [1.29, 1.82) is 0 Å². The van der Waals surface area contributed by atoms with Gasteiger partial charge in [-0.15, -0.1) is 53.6 Å². The van der Waals surface area contributed by atoms with E-state index in [0.717, 1.165) is 66.2 Å². The SMILES string of the molecule is [2H]C([2H])([2H])c1c[c-]c(-c2ccc(C([2H])([2H])[2H])cn2)cc1.[2H]C([2H])(c1ccc2c(c1)oc1cnc(-c3[c-]ccc4c3oc3c(-c5ccccc5)ccc(-c5ccccc5)c34)cc12)C(C)(C)C.[Ir]. The summed E-state index contributed by atoms with van der Waals surface area (Å²) in [5.41, 5.74) is 10.3. The van der Waals surface area contributed by atoms with Gasteiger partial charge >= 0.3 is 0 Å². The van der Waals surface area contributed by atoms with E-state index < -0.39 is 25.5 Å². The van der Waals surface area contributed by atoms with Crippen molar-refractivity contribution in [3.8, 4) is 44.8 Å². The van der Waals surface area contributed by atoms with Crippen molar-refractivity contribution in [1.82, 2.24) is 9.97 Å². The normalized spacial score (nSPS) is 14.2. The first-order valence-electron chi connectivity index (χ1n) is 22.7. The molecule has 0 saturated carbocycles. The predicted octanol–water partition coefficient (Wildman–Crippen LogP) is 14.4. The largest absolute Gasteiger partial charge is 0.500 e. The Morgan fingerprint density at radius 2 is 1.34 bits per heavy atom. The molecule has 58 heavy (non-hydrogen) atoms. The summed E-state index contributed by atoms with van der Waals surface area (Å²) in [5.74, 6) is 0. The van der Waals surface area contributed by atoms with Gasteiger partial charge in [-0.25, -0.2) is 0 Å². The molecule has 287 valence electrons. The Hall–Kier alpha value is -6.13. The number of hydrogen-bond acceptors (Lipinski definition) is 4. The third-order valence-electron chi connectivity index (χ3n) is 9.74. The van der Waals surface area contributed by atoms with Gasteiger partial charge in [0.15, 0.2) is 5.58 Å². The number of aromatic nitrogens is 2. The number of furan rings is 2. The number of hydrogen-bond donors (Lipinski definition) is 0. The molecule has 5 heteroatoms. The number of fused-ring (bicyclic) bond motifs is 6. The van der Waals surface area contributed by atoms with Crippen molar-refractivity contribution in [2.75, 3.05) is 0 Å². The zero-order valence-electron chi connectivity index (χ0n) is 40.0. The van der Waals surface area contributed by atoms with Crippen LogP contribution in [0.2, 0.25) is 0 Å². The average Bonchev–Trinajstić information content (AvgIpc) is 3.87. The van der Waals surface area contributed by atoms with E-state index >= 15 is 0 Å². The van der Waals surface area contributed by atoms with Gasteiger partial charge in [-0.3, -0.25) is 0 Å². The van der Waals surface area contributed by atoms with Crippen LogP contribution in [0.15, 0.2) is 161 Å². The van der Waals surface area contributed by atoms with Crippen LogP contribution in [0.4, 0.5) is 0 Å². The molecule has 10 rings (SSSR count). The van der Waals surface area contributed by atoms with E-state index in [2.05, 4.69) is 71.7 Å². The van der Waals surface area contributed by atoms with Crippen LogP contribution in [0, 0.1) is 31.3 Å². The van der Waals surface area contributed by atoms with Crippen molar-refractivity contribution >= 4 is 43.9 Å². The van der Waals surface area contributed by atoms with E-state index in [9.17, 15) is 0 Å². The van der Waals surface area contributed by atoms with E-state index in [-0.39, 0.29) is 31.2 Å². The maximum absolute atomic E-state index is 8.74. The van der Waals surface area contributed by atoms with Gasteiger partial charge in [0.1, 0.15) is 11.2 Å². The standard InChI is InChI=1S/C40H30NO2.C13H12N.Ir/c1-40(2,3)23-25-17-18-30-33-22-34(41-24-36(33)42-35(30)21-25)31-15-10-16-32-37-28(26-11-6-4-7-12-26)19-20-29(39(37)43-38(31)32)27-13-8-5-9-14-27;1-10-3-6-12(7-4-10)13-8-5-11(2)9-14-13;/h4-14,16-22,24H,23H2,1-3H3;3-6,8-9H,1-2H3;/q2*-1;/i23D2;1D3,2D3;. The second-order valence-corrected chi connectivity index (χ2v) is 15.0. The van der Waals surface area contributed by atoms with Gasteiger partial charge in [-0.05, 0) is 63.9 Å². The fourth-order valence-corrected chi connectivity index (χ4v) is 7.21. The summed E-state index contributed by atoms with van der Waals surface area (Å²) >= 11 is 0. The Morgan fingerprint density at radius 3 is 2.03 bits per heavy atom. The molecule has 1 radical (unpaired) electrons. The first-order valence-corrected chi connectivity index (χ1v) is 18.7. The predicted molar refractivity (Wildman–Crippen MR) is 235 cm³/mol. The first kappa shape index (κ1) is 30.0. The van der Waals surface area contributed by atoms with E-state index in [1.165, 1.54) is 24.4 Å². The van der Waals surface area contributed by atoms with E-state index in [1.54, 1.807) is 18.3 Å². The summed E-state index contributed by atoms with van der Waals surface area (Å²) in [6, 6.07) is 50.6. The van der Waals surface area contributed by atoms with Gasteiger partial charge < -0.3 is 18.8 Å². The van der Waals surface area contributed by atoms with Gasteiger partial charge in [0.05, 0.1) is 11.8 Å². The second-order valence-electron chi connectivity index (χ2n) is 15.0. The van der Waals surface area contributed by atoms with Gasteiger partial charge in [-0.1, -0.05) is 142 Å². The van der Waals surface area contributed by atoms with Crippen molar-refractivity contribution in [2.45, 2.75) is 40.8 Å². The summed E-state index contributed by atoms with van der Waals surface area (Å²) in [5, 5.41) is 3.89. The van der Waals surface area contributed by atoms with Crippen molar-refractivity contribution in [3.05, 3.63) is 181 Å². The second kappa shape index (κ2) is 16.0. The molecule has 0 bridgehead atoms. The van der Waals surface area contributed by atoms with Crippen LogP contribution in [0.25, 0.3) is 88.6 Å². The number of nitrogens with zero attached hydrogens (tertiary/aromatic N) is 2. The van der Waals surface area contributed by atoms with E-state index in [4.69, 9.17) is 24.8 Å². The number of rotatable bonds is 5. The Bertz CT molecular complexity index is 3280. The van der Waals surface area contributed by atoms with Crippen LogP contribution in [0.3, 0.4) is 0 Å². The van der Waals surface area contributed by atoms with Gasteiger partial charge in [-0.2, -0.15) is 0 Å². The fourth-order valence-electron chi connectivity index (χ4n) is 7.21. The van der Waals surface area contributed by atoms with Crippen LogP contribution in [-0.2, 0) is 26.5 Å². The molecule has 10 aromatic rings. The number of aryl methyl sites for hydroxylation is 2. The molecule has 0 amide bonds. The summed E-state index contributed by atoms with van der Waals surface area (Å²) < 4.78 is 74.1. The number of benzene rings is 6. The first-order chi connectivity index (χ1) is 30.9. The molecule has 0 atom stereocenters. The molecule has 0 aliphatic rings. The molecule has 0 spiro atoms. The molecule has 0 N–H and O–H groups in total. The molecular formula is C53H42IrN2O2-2. The Morgan fingerprint density at radius 1 is 0.621 bits per heavy atom. The van der Waals surface area contributed by atoms with Crippen LogP contribution >= 0.6 is 0 Å². The molecule has 0 fully saturated rings. The Kier molecular flexibility index (Phi) is 8.29. The minimum Gasteiger partial charge on any atom is -0.500 e. The monoisotopic (exact) mass is 939 g/mol. The van der Waals surface area contributed by atoms with Crippen LogP contribution in [-0.4, -0.2) is 9.97 Å². The summed E-state index contributed by atoms with van der Waals surface area (Å²) in [6.07, 6.45) is 1.52. The zero-order chi connectivity index (χ0) is 45.9. The van der Waals surface area contributed by atoms with E-state index in [1.807, 2.05) is 75.4 Å². The van der Waals surface area contributed by atoms with Gasteiger partial charge in [0.25, 0.3) is 0 Å². The third-order valence-corrected chi connectivity index (χ3v) is 9.74. The maximum Gasteiger partial charge on any atom is 0.151 e. The van der Waals surface area contributed by atoms with Crippen LogP contribution < -0.4 is 0 Å². The van der Waals surface area contributed by atoms with Crippen molar-refractivity contribution < 1.29 is 39.9 Å². The van der Waals surface area contributed by atoms with Gasteiger partial charge in [0.2, 0.25) is 0 Å². The molecule has 4 aromatic heterocycles. The van der Waals surface area contributed by atoms with Crippen LogP contribution in [0.1, 0.15) is 48.4 Å². The topological polar surface area (TPSA) is 52.1 Å². The zero-order valence-corrected chi connectivity index (χ0v) is 34.4. The molecular weight excluding hydrogens is 889 g/mol. The summed E-state index contributed by atoms with van der Waals surface area (Å²) in [7, 11) is 0. The van der Waals surface area contributed by atoms with E-state index in [0.29, 0.717) is 28.0 Å². The van der Waals surface area contributed by atoms with Crippen LogP contribution in [0.5, 0.6) is 0 Å². The molecule has 0 aliphatic heterocycles. The molecule has 0 saturated heterocycles. The Balaban J connectivity index is 0.000000238. The molecule has 4 heterocycles. The minimum absolute atomic E-state index is 0. The quantitative estimate of drug-likeness (QED) is 0.161. The molecule has 0 aliphatic carbocycles. The summed E-state index contributed by atoms with van der Waals surface area (Å²) in [6.45, 7) is 1.39. The third kappa shape index (κ3) is 7.76. The fraction of sp³-hybridized carbons (Fsp3) is 0.132. The van der Waals surface area contributed by atoms with Crippen molar-refractivity contribution in [2.24, 2.45) is 5.41 Å². The molecule has 4 nitrogen and oxygen atoms in total. The maximum atomic E-state index is 8.74. The summed E-state index contributed by atoms with van der Waals surface area (Å²) in [4.78, 5) is 8.88. The molecule has 6 aromatic carbocycles. The smallest absolute Gasteiger partial charge is 0.151 e.